The Kier molecular flexibility index (Phi) is 6.22. The smallest absolute Gasteiger partial charge is 0.0855 e. The van der Waals surface area contributed by atoms with Crippen LogP contribution in [0.4, 0.5) is 0 Å². The van der Waals surface area contributed by atoms with Gasteiger partial charge in [-0.05, 0) is 20.5 Å². The molecule has 0 aromatic heterocycles. The van der Waals surface area contributed by atoms with Crippen molar-refractivity contribution in [2.45, 2.75) is 44.8 Å². The van der Waals surface area contributed by atoms with Crippen LogP contribution in [-0.4, -0.2) is 50.8 Å². The molecule has 1 saturated heterocycles. The molecule has 1 fully saturated rings. The van der Waals surface area contributed by atoms with Crippen molar-refractivity contribution in [2.75, 3.05) is 33.8 Å². The van der Waals surface area contributed by atoms with Gasteiger partial charge in [0.2, 0.25) is 0 Å². The number of nitrogens with zero attached hydrogens (tertiary/aromatic N) is 1. The SMILES string of the molecule is CCCCCC(NC)C1CN(C)CCO1. The Morgan fingerprint density at radius 3 is 2.87 bits per heavy atom. The molecule has 2 atom stereocenters. The van der Waals surface area contributed by atoms with Gasteiger partial charge in [0.1, 0.15) is 0 Å². The summed E-state index contributed by atoms with van der Waals surface area (Å²) in [5, 5.41) is 3.40. The first-order valence-electron chi connectivity index (χ1n) is 6.25. The minimum atomic E-state index is 0.380. The van der Waals surface area contributed by atoms with Crippen LogP contribution in [-0.2, 0) is 4.74 Å². The number of unbranched alkanes of at least 4 members (excludes halogenated alkanes) is 2. The molecule has 0 aromatic rings. The van der Waals surface area contributed by atoms with Crippen LogP contribution in [0.2, 0.25) is 0 Å². The molecule has 0 radical (unpaired) electrons. The van der Waals surface area contributed by atoms with Crippen molar-refractivity contribution >= 4 is 0 Å². The van der Waals surface area contributed by atoms with E-state index in [1.54, 1.807) is 0 Å². The van der Waals surface area contributed by atoms with Crippen LogP contribution in [0.1, 0.15) is 32.6 Å². The van der Waals surface area contributed by atoms with Crippen LogP contribution in [0.15, 0.2) is 0 Å². The van der Waals surface area contributed by atoms with Gasteiger partial charge in [0.25, 0.3) is 0 Å². The van der Waals surface area contributed by atoms with Gasteiger partial charge in [0, 0.05) is 19.1 Å². The first kappa shape index (κ1) is 12.9. The van der Waals surface area contributed by atoms with E-state index in [1.807, 2.05) is 0 Å². The number of morpholine rings is 1. The Hall–Kier alpha value is -0.120. The van der Waals surface area contributed by atoms with Gasteiger partial charge in [-0.3, -0.25) is 0 Å². The zero-order chi connectivity index (χ0) is 11.1. The molecule has 1 rings (SSSR count). The summed E-state index contributed by atoms with van der Waals surface area (Å²) in [7, 11) is 4.23. The maximum absolute atomic E-state index is 5.83. The molecule has 15 heavy (non-hydrogen) atoms. The minimum Gasteiger partial charge on any atom is -0.374 e. The molecular weight excluding hydrogens is 188 g/mol. The number of hydrogen-bond acceptors (Lipinski definition) is 3. The zero-order valence-corrected chi connectivity index (χ0v) is 10.5. The van der Waals surface area contributed by atoms with Crippen molar-refractivity contribution in [1.29, 1.82) is 0 Å². The van der Waals surface area contributed by atoms with Crippen LogP contribution in [0.5, 0.6) is 0 Å². The van der Waals surface area contributed by atoms with Crippen molar-refractivity contribution in [3.63, 3.8) is 0 Å². The first-order valence-corrected chi connectivity index (χ1v) is 6.25. The fourth-order valence-electron chi connectivity index (χ4n) is 2.18. The molecule has 3 heteroatoms. The van der Waals surface area contributed by atoms with E-state index in [-0.39, 0.29) is 0 Å². The minimum absolute atomic E-state index is 0.380. The number of nitrogens with one attached hydrogen (secondary N) is 1. The molecular formula is C12H26N2O. The molecule has 2 unspecified atom stereocenters. The molecule has 90 valence electrons. The molecule has 0 amide bonds. The summed E-state index contributed by atoms with van der Waals surface area (Å²) in [4.78, 5) is 2.36. The highest BCUT2D eigenvalue weighted by molar-refractivity contribution is 4.81. The third-order valence-electron chi connectivity index (χ3n) is 3.23. The number of rotatable bonds is 6. The molecule has 0 aromatic carbocycles. The Labute approximate surface area is 94.2 Å². The van der Waals surface area contributed by atoms with E-state index in [0.29, 0.717) is 12.1 Å². The van der Waals surface area contributed by atoms with Crippen molar-refractivity contribution in [3.8, 4) is 0 Å². The molecule has 0 aliphatic carbocycles. The fraction of sp³-hybridized carbons (Fsp3) is 1.00. The average Bonchev–Trinajstić information content (AvgIpc) is 2.24. The van der Waals surface area contributed by atoms with Gasteiger partial charge < -0.3 is 15.0 Å². The molecule has 3 nitrogen and oxygen atoms in total. The molecule has 1 N–H and O–H groups in total. The molecule has 0 spiro atoms. The van der Waals surface area contributed by atoms with Crippen LogP contribution in [0, 0.1) is 0 Å². The van der Waals surface area contributed by atoms with E-state index in [4.69, 9.17) is 4.74 Å². The third-order valence-corrected chi connectivity index (χ3v) is 3.23. The maximum atomic E-state index is 5.83. The summed E-state index contributed by atoms with van der Waals surface area (Å²) in [6, 6.07) is 0.527. The predicted molar refractivity (Wildman–Crippen MR) is 64.2 cm³/mol. The molecule has 0 saturated carbocycles. The van der Waals surface area contributed by atoms with Gasteiger partial charge in [-0.1, -0.05) is 26.2 Å². The van der Waals surface area contributed by atoms with E-state index >= 15 is 0 Å². The van der Waals surface area contributed by atoms with Gasteiger partial charge >= 0.3 is 0 Å². The number of hydrogen-bond donors (Lipinski definition) is 1. The lowest BCUT2D eigenvalue weighted by molar-refractivity contribution is -0.0389. The van der Waals surface area contributed by atoms with Crippen molar-refractivity contribution in [2.24, 2.45) is 0 Å². The molecule has 1 heterocycles. The Balaban J connectivity index is 2.29. The highest BCUT2D eigenvalue weighted by atomic mass is 16.5. The Bertz CT molecular complexity index is 164. The van der Waals surface area contributed by atoms with Gasteiger partial charge in [-0.2, -0.15) is 0 Å². The van der Waals surface area contributed by atoms with E-state index in [0.717, 1.165) is 19.7 Å². The fourth-order valence-corrected chi connectivity index (χ4v) is 2.18. The quantitative estimate of drug-likeness (QED) is 0.678. The topological polar surface area (TPSA) is 24.5 Å². The van der Waals surface area contributed by atoms with Gasteiger partial charge in [0.15, 0.2) is 0 Å². The third kappa shape index (κ3) is 4.49. The normalized spacial score (nSPS) is 25.4. The van der Waals surface area contributed by atoms with E-state index in [1.165, 1.54) is 25.7 Å². The summed E-state index contributed by atoms with van der Waals surface area (Å²) in [6.45, 7) is 5.27. The summed E-state index contributed by atoms with van der Waals surface area (Å²) in [5.74, 6) is 0. The van der Waals surface area contributed by atoms with Crippen molar-refractivity contribution < 1.29 is 4.74 Å². The lowest BCUT2D eigenvalue weighted by Gasteiger charge is -2.35. The van der Waals surface area contributed by atoms with E-state index < -0.39 is 0 Å². The van der Waals surface area contributed by atoms with Crippen LogP contribution in [0.3, 0.4) is 0 Å². The summed E-state index contributed by atoms with van der Waals surface area (Å²) < 4.78 is 5.83. The zero-order valence-electron chi connectivity index (χ0n) is 10.5. The summed E-state index contributed by atoms with van der Waals surface area (Å²) in [6.07, 6.45) is 5.56. The van der Waals surface area contributed by atoms with Gasteiger partial charge in [-0.15, -0.1) is 0 Å². The first-order chi connectivity index (χ1) is 7.27. The Morgan fingerprint density at radius 2 is 2.27 bits per heavy atom. The second kappa shape index (κ2) is 7.20. The van der Waals surface area contributed by atoms with Gasteiger partial charge in [0.05, 0.1) is 12.7 Å². The maximum Gasteiger partial charge on any atom is 0.0855 e. The van der Waals surface area contributed by atoms with Crippen molar-refractivity contribution in [1.82, 2.24) is 10.2 Å². The van der Waals surface area contributed by atoms with Crippen LogP contribution < -0.4 is 5.32 Å². The van der Waals surface area contributed by atoms with E-state index in [9.17, 15) is 0 Å². The Morgan fingerprint density at radius 1 is 1.47 bits per heavy atom. The van der Waals surface area contributed by atoms with E-state index in [2.05, 4.69) is 31.2 Å². The predicted octanol–water partition coefficient (Wildman–Crippen LogP) is 1.49. The molecule has 1 aliphatic heterocycles. The summed E-state index contributed by atoms with van der Waals surface area (Å²) in [5.41, 5.74) is 0. The largest absolute Gasteiger partial charge is 0.374 e. The molecule has 0 bridgehead atoms. The second-order valence-electron chi connectivity index (χ2n) is 4.56. The average molecular weight is 214 g/mol. The monoisotopic (exact) mass is 214 g/mol. The summed E-state index contributed by atoms with van der Waals surface area (Å²) >= 11 is 0. The number of ether oxygens (including phenoxy) is 1. The standard InChI is InChI=1S/C12H26N2O/c1-4-5-6-7-11(13-2)12-10-14(3)8-9-15-12/h11-13H,4-10H2,1-3H3. The van der Waals surface area contributed by atoms with Gasteiger partial charge in [-0.25, -0.2) is 0 Å². The number of likely N-dealkylation sites (N-methyl/N-ethyl adjacent to an activating group) is 2. The van der Waals surface area contributed by atoms with Crippen LogP contribution in [0.25, 0.3) is 0 Å². The van der Waals surface area contributed by atoms with Crippen LogP contribution >= 0.6 is 0 Å². The lowest BCUT2D eigenvalue weighted by atomic mass is 10.0. The second-order valence-corrected chi connectivity index (χ2v) is 4.56. The highest BCUT2D eigenvalue weighted by Gasteiger charge is 2.24. The van der Waals surface area contributed by atoms with Crippen molar-refractivity contribution in [3.05, 3.63) is 0 Å². The molecule has 1 aliphatic rings. The highest BCUT2D eigenvalue weighted by Crippen LogP contribution is 2.13. The lowest BCUT2D eigenvalue weighted by Crippen LogP contribution is -2.50.